The highest BCUT2D eigenvalue weighted by atomic mass is 16.4. The zero-order valence-electron chi connectivity index (χ0n) is 12.0. The number of rotatable bonds is 4. The Kier molecular flexibility index (Phi) is 3.53. The van der Waals surface area contributed by atoms with Crippen LogP contribution in [0.5, 0.6) is 0 Å². The second-order valence-electron chi connectivity index (χ2n) is 5.84. The topological polar surface area (TPSA) is 66.4 Å². The Morgan fingerprint density at radius 3 is 2.52 bits per heavy atom. The van der Waals surface area contributed by atoms with Crippen LogP contribution in [0, 0.1) is 23.7 Å². The van der Waals surface area contributed by atoms with Crippen LogP contribution in [0.3, 0.4) is 0 Å². The van der Waals surface area contributed by atoms with Crippen molar-refractivity contribution in [3.63, 3.8) is 0 Å². The van der Waals surface area contributed by atoms with Gasteiger partial charge in [0, 0.05) is 5.69 Å². The summed E-state index contributed by atoms with van der Waals surface area (Å²) < 4.78 is 0. The van der Waals surface area contributed by atoms with Crippen molar-refractivity contribution in [2.45, 2.75) is 19.8 Å². The van der Waals surface area contributed by atoms with Crippen LogP contribution in [0.25, 0.3) is 0 Å². The van der Waals surface area contributed by atoms with Gasteiger partial charge in [-0.05, 0) is 36.3 Å². The van der Waals surface area contributed by atoms with Gasteiger partial charge >= 0.3 is 5.97 Å². The van der Waals surface area contributed by atoms with Gasteiger partial charge in [-0.1, -0.05) is 37.3 Å². The number of aryl methyl sites for hydroxylation is 1. The van der Waals surface area contributed by atoms with E-state index in [1.165, 1.54) is 0 Å². The molecule has 2 aliphatic rings. The van der Waals surface area contributed by atoms with Gasteiger partial charge in [0.2, 0.25) is 5.91 Å². The summed E-state index contributed by atoms with van der Waals surface area (Å²) in [6.45, 7) is 2.03. The smallest absolute Gasteiger partial charge is 0.307 e. The maximum atomic E-state index is 12.6. The van der Waals surface area contributed by atoms with E-state index in [4.69, 9.17) is 0 Å². The number of para-hydroxylation sites is 1. The van der Waals surface area contributed by atoms with Crippen molar-refractivity contribution in [1.29, 1.82) is 0 Å². The number of carbonyl (C=O) groups is 2. The number of aliphatic carboxylic acids is 1. The number of allylic oxidation sites excluding steroid dienone is 2. The Labute approximate surface area is 123 Å². The second kappa shape index (κ2) is 5.35. The summed E-state index contributed by atoms with van der Waals surface area (Å²) >= 11 is 0. The Morgan fingerprint density at radius 1 is 1.19 bits per heavy atom. The van der Waals surface area contributed by atoms with Gasteiger partial charge in [0.1, 0.15) is 0 Å². The molecule has 4 heteroatoms. The first-order valence-electron chi connectivity index (χ1n) is 7.41. The highest BCUT2D eigenvalue weighted by molar-refractivity contribution is 5.96. The third-order valence-electron chi connectivity index (χ3n) is 4.70. The minimum atomic E-state index is -0.865. The highest BCUT2D eigenvalue weighted by Crippen LogP contribution is 2.48. The zero-order chi connectivity index (χ0) is 15.0. The van der Waals surface area contributed by atoms with E-state index in [0.29, 0.717) is 0 Å². The monoisotopic (exact) mass is 285 g/mol. The van der Waals surface area contributed by atoms with Gasteiger partial charge in [-0.2, -0.15) is 0 Å². The number of hydrogen-bond donors (Lipinski definition) is 2. The summed E-state index contributed by atoms with van der Waals surface area (Å²) in [4.78, 5) is 24.0. The van der Waals surface area contributed by atoms with Crippen molar-refractivity contribution in [2.75, 3.05) is 5.32 Å². The molecule has 4 atom stereocenters. The van der Waals surface area contributed by atoms with Crippen LogP contribution < -0.4 is 5.32 Å². The van der Waals surface area contributed by atoms with Gasteiger partial charge in [-0.3, -0.25) is 9.59 Å². The molecule has 4 nitrogen and oxygen atoms in total. The van der Waals surface area contributed by atoms with Crippen molar-refractivity contribution in [3.05, 3.63) is 42.0 Å². The van der Waals surface area contributed by atoms with Gasteiger partial charge in [-0.15, -0.1) is 0 Å². The quantitative estimate of drug-likeness (QED) is 0.836. The first kappa shape index (κ1) is 13.9. The van der Waals surface area contributed by atoms with Crippen LogP contribution >= 0.6 is 0 Å². The number of hydrogen-bond acceptors (Lipinski definition) is 2. The number of amides is 1. The Bertz CT molecular complexity index is 608. The number of nitrogens with one attached hydrogen (secondary N) is 1. The maximum absolute atomic E-state index is 12.6. The van der Waals surface area contributed by atoms with Gasteiger partial charge in [0.15, 0.2) is 0 Å². The average molecular weight is 285 g/mol. The van der Waals surface area contributed by atoms with Crippen LogP contribution in [-0.2, 0) is 16.0 Å². The average Bonchev–Trinajstić information content (AvgIpc) is 3.08. The normalized spacial score (nSPS) is 29.6. The van der Waals surface area contributed by atoms with Crippen LogP contribution in [-0.4, -0.2) is 17.0 Å². The molecule has 2 bridgehead atoms. The molecule has 2 aliphatic carbocycles. The Balaban J connectivity index is 1.82. The molecular weight excluding hydrogens is 266 g/mol. The predicted molar refractivity (Wildman–Crippen MR) is 79.8 cm³/mol. The number of carboxylic acids is 1. The van der Waals surface area contributed by atoms with E-state index in [1.54, 1.807) is 0 Å². The van der Waals surface area contributed by atoms with E-state index < -0.39 is 17.8 Å². The molecule has 0 saturated heterocycles. The van der Waals surface area contributed by atoms with E-state index in [0.717, 1.165) is 24.1 Å². The third-order valence-corrected chi connectivity index (χ3v) is 4.70. The fourth-order valence-electron chi connectivity index (χ4n) is 3.68. The Hall–Kier alpha value is -2.10. The lowest BCUT2D eigenvalue weighted by Crippen LogP contribution is -2.36. The SMILES string of the molecule is CCc1ccccc1NC(=O)[C@H]1[C@@H](C(=O)O)[C@@H]2C=C[C@H]1C2. The van der Waals surface area contributed by atoms with E-state index >= 15 is 0 Å². The van der Waals surface area contributed by atoms with E-state index in [2.05, 4.69) is 5.32 Å². The fourth-order valence-corrected chi connectivity index (χ4v) is 3.68. The van der Waals surface area contributed by atoms with Crippen molar-refractivity contribution < 1.29 is 14.7 Å². The summed E-state index contributed by atoms with van der Waals surface area (Å²) in [5.41, 5.74) is 1.86. The molecule has 0 unspecified atom stereocenters. The van der Waals surface area contributed by atoms with Crippen molar-refractivity contribution in [1.82, 2.24) is 0 Å². The predicted octanol–water partition coefficient (Wildman–Crippen LogP) is 2.71. The first-order chi connectivity index (χ1) is 10.1. The standard InChI is InChI=1S/C17H19NO3/c1-2-10-5-3-4-6-13(10)18-16(19)14-11-7-8-12(9-11)15(14)17(20)21/h3-8,11-12,14-15H,2,9H2,1H3,(H,18,19)(H,20,21)/t11-,12+,14+,15-/m0/s1. The summed E-state index contributed by atoms with van der Waals surface area (Å²) in [6.07, 6.45) is 5.56. The molecule has 0 spiro atoms. The Morgan fingerprint density at radius 2 is 1.86 bits per heavy atom. The second-order valence-corrected chi connectivity index (χ2v) is 5.84. The molecule has 0 heterocycles. The lowest BCUT2D eigenvalue weighted by Gasteiger charge is -2.24. The third kappa shape index (κ3) is 2.35. The van der Waals surface area contributed by atoms with Crippen molar-refractivity contribution in [2.24, 2.45) is 23.7 Å². The van der Waals surface area contributed by atoms with Crippen LogP contribution in [0.4, 0.5) is 5.69 Å². The molecule has 2 N–H and O–H groups in total. The van der Waals surface area contributed by atoms with Crippen LogP contribution in [0.1, 0.15) is 18.9 Å². The van der Waals surface area contributed by atoms with Gasteiger partial charge in [0.25, 0.3) is 0 Å². The van der Waals surface area contributed by atoms with E-state index in [-0.39, 0.29) is 17.7 Å². The largest absolute Gasteiger partial charge is 0.481 e. The minimum absolute atomic E-state index is 0.00432. The number of carboxylic acid groups (broad SMARTS) is 1. The molecule has 0 radical (unpaired) electrons. The molecular formula is C17H19NO3. The summed E-state index contributed by atoms with van der Waals surface area (Å²) in [7, 11) is 0. The zero-order valence-corrected chi connectivity index (χ0v) is 12.0. The van der Waals surface area contributed by atoms with Crippen LogP contribution in [0.2, 0.25) is 0 Å². The molecule has 3 rings (SSSR count). The van der Waals surface area contributed by atoms with Gasteiger partial charge in [0.05, 0.1) is 11.8 Å². The van der Waals surface area contributed by atoms with Crippen molar-refractivity contribution in [3.8, 4) is 0 Å². The maximum Gasteiger partial charge on any atom is 0.307 e. The number of fused-ring (bicyclic) bond motifs is 2. The molecule has 1 aromatic carbocycles. The molecule has 1 amide bonds. The number of anilines is 1. The summed E-state index contributed by atoms with van der Waals surface area (Å²) in [5.74, 6) is -2.01. The molecule has 1 fully saturated rings. The molecule has 0 aromatic heterocycles. The summed E-state index contributed by atoms with van der Waals surface area (Å²) in [6, 6.07) is 7.67. The molecule has 1 aromatic rings. The number of benzene rings is 1. The van der Waals surface area contributed by atoms with Crippen LogP contribution in [0.15, 0.2) is 36.4 Å². The molecule has 1 saturated carbocycles. The lowest BCUT2D eigenvalue weighted by atomic mass is 9.82. The number of carbonyl (C=O) groups excluding carboxylic acids is 1. The van der Waals surface area contributed by atoms with Gasteiger partial charge in [-0.25, -0.2) is 0 Å². The molecule has 21 heavy (non-hydrogen) atoms. The summed E-state index contributed by atoms with van der Waals surface area (Å²) in [5, 5.41) is 12.3. The van der Waals surface area contributed by atoms with E-state index in [9.17, 15) is 14.7 Å². The van der Waals surface area contributed by atoms with E-state index in [1.807, 2.05) is 43.3 Å². The van der Waals surface area contributed by atoms with Gasteiger partial charge < -0.3 is 10.4 Å². The van der Waals surface area contributed by atoms with Crippen molar-refractivity contribution >= 4 is 17.6 Å². The molecule has 110 valence electrons. The molecule has 0 aliphatic heterocycles. The fraction of sp³-hybridized carbons (Fsp3) is 0.412. The first-order valence-corrected chi connectivity index (χ1v) is 7.41. The minimum Gasteiger partial charge on any atom is -0.481 e. The lowest BCUT2D eigenvalue weighted by molar-refractivity contribution is -0.146. The highest BCUT2D eigenvalue weighted by Gasteiger charge is 2.51.